The first-order valence-electron chi connectivity index (χ1n) is 3.96. The van der Waals surface area contributed by atoms with Gasteiger partial charge in [-0.05, 0) is 28.7 Å². The van der Waals surface area contributed by atoms with E-state index in [0.717, 1.165) is 27.9 Å². The fraction of sp³-hybridized carbons (Fsp3) is 0.333. The van der Waals surface area contributed by atoms with Gasteiger partial charge in [-0.1, -0.05) is 12.1 Å². The van der Waals surface area contributed by atoms with E-state index in [-0.39, 0.29) is 6.04 Å². The second-order valence-electron chi connectivity index (χ2n) is 2.90. The molecule has 0 spiro atoms. The molecule has 0 saturated heterocycles. The maximum atomic E-state index is 5.93. The Morgan fingerprint density at radius 3 is 3.08 bits per heavy atom. The third kappa shape index (κ3) is 1.31. The van der Waals surface area contributed by atoms with Crippen LogP contribution in [0.2, 0.25) is 0 Å². The lowest BCUT2D eigenvalue weighted by molar-refractivity contribution is 0.267. The molecule has 2 nitrogen and oxygen atoms in total. The van der Waals surface area contributed by atoms with Crippen molar-refractivity contribution in [2.24, 2.45) is 5.73 Å². The lowest BCUT2D eigenvalue weighted by atomic mass is 10.0. The number of benzene rings is 1. The first kappa shape index (κ1) is 8.31. The Bertz CT molecular complexity index is 301. The van der Waals surface area contributed by atoms with E-state index < -0.39 is 0 Å². The Hall–Kier alpha value is -0.290. The summed E-state index contributed by atoms with van der Waals surface area (Å²) >= 11 is 2.27. The van der Waals surface area contributed by atoms with Crippen molar-refractivity contribution in [2.75, 3.05) is 6.61 Å². The zero-order valence-corrected chi connectivity index (χ0v) is 8.74. The predicted octanol–water partition coefficient (Wildman–Crippen LogP) is 2.07. The van der Waals surface area contributed by atoms with Crippen molar-refractivity contribution in [1.29, 1.82) is 0 Å². The van der Waals surface area contributed by atoms with E-state index in [0.29, 0.717) is 0 Å². The highest BCUT2D eigenvalue weighted by Crippen LogP contribution is 2.33. The normalized spacial score (nSPS) is 21.3. The molecule has 12 heavy (non-hydrogen) atoms. The maximum absolute atomic E-state index is 5.93. The van der Waals surface area contributed by atoms with Gasteiger partial charge in [0.25, 0.3) is 0 Å². The van der Waals surface area contributed by atoms with E-state index in [9.17, 15) is 0 Å². The van der Waals surface area contributed by atoms with Gasteiger partial charge < -0.3 is 10.5 Å². The SMILES string of the molecule is NC1CCOc2c(I)cccc21. The molecule has 0 amide bonds. The average molecular weight is 275 g/mol. The molecule has 1 aromatic carbocycles. The monoisotopic (exact) mass is 275 g/mol. The summed E-state index contributed by atoms with van der Waals surface area (Å²) in [4.78, 5) is 0. The highest BCUT2D eigenvalue weighted by molar-refractivity contribution is 14.1. The molecule has 2 N–H and O–H groups in total. The van der Waals surface area contributed by atoms with Gasteiger partial charge in [0.15, 0.2) is 0 Å². The molecule has 1 aliphatic heterocycles. The van der Waals surface area contributed by atoms with Gasteiger partial charge in [-0.25, -0.2) is 0 Å². The van der Waals surface area contributed by atoms with Gasteiger partial charge in [0.1, 0.15) is 5.75 Å². The summed E-state index contributed by atoms with van der Waals surface area (Å²) in [6.45, 7) is 0.744. The van der Waals surface area contributed by atoms with Crippen LogP contribution in [0.3, 0.4) is 0 Å². The quantitative estimate of drug-likeness (QED) is 0.736. The number of para-hydroxylation sites is 1. The van der Waals surface area contributed by atoms with Gasteiger partial charge in [-0.2, -0.15) is 0 Å². The zero-order valence-electron chi connectivity index (χ0n) is 6.59. The van der Waals surface area contributed by atoms with Crippen LogP contribution < -0.4 is 10.5 Å². The van der Waals surface area contributed by atoms with E-state index >= 15 is 0 Å². The molecule has 0 fully saturated rings. The molecule has 0 aromatic heterocycles. The van der Waals surface area contributed by atoms with Gasteiger partial charge in [-0.3, -0.25) is 0 Å². The molecule has 1 aromatic rings. The number of nitrogens with two attached hydrogens (primary N) is 1. The van der Waals surface area contributed by atoms with E-state index in [1.807, 2.05) is 18.2 Å². The second kappa shape index (κ2) is 3.22. The number of ether oxygens (including phenoxy) is 1. The summed E-state index contributed by atoms with van der Waals surface area (Å²) in [6, 6.07) is 6.26. The van der Waals surface area contributed by atoms with Crippen LogP contribution in [-0.2, 0) is 0 Å². The van der Waals surface area contributed by atoms with Crippen molar-refractivity contribution < 1.29 is 4.74 Å². The molecule has 0 bridgehead atoms. The molecule has 1 unspecified atom stereocenters. The minimum Gasteiger partial charge on any atom is -0.492 e. The van der Waals surface area contributed by atoms with Crippen LogP contribution in [0.25, 0.3) is 0 Å². The van der Waals surface area contributed by atoms with Crippen LogP contribution in [0.4, 0.5) is 0 Å². The van der Waals surface area contributed by atoms with Crippen LogP contribution in [0.5, 0.6) is 5.75 Å². The summed E-state index contributed by atoms with van der Waals surface area (Å²) in [5.74, 6) is 0.983. The molecule has 3 heteroatoms. The molecule has 2 rings (SSSR count). The van der Waals surface area contributed by atoms with Crippen molar-refractivity contribution >= 4 is 22.6 Å². The molecule has 1 heterocycles. The number of rotatable bonds is 0. The molecule has 0 radical (unpaired) electrons. The number of fused-ring (bicyclic) bond motifs is 1. The van der Waals surface area contributed by atoms with Crippen LogP contribution in [0.15, 0.2) is 18.2 Å². The van der Waals surface area contributed by atoms with Crippen LogP contribution in [0.1, 0.15) is 18.0 Å². The molecule has 64 valence electrons. The minimum absolute atomic E-state index is 0.156. The van der Waals surface area contributed by atoms with E-state index in [1.165, 1.54) is 0 Å². The topological polar surface area (TPSA) is 35.2 Å². The Balaban J connectivity index is 2.52. The van der Waals surface area contributed by atoms with Crippen molar-refractivity contribution in [2.45, 2.75) is 12.5 Å². The standard InChI is InChI=1S/C9H10INO/c10-7-3-1-2-6-8(11)4-5-12-9(6)7/h1-3,8H,4-5,11H2. The largest absolute Gasteiger partial charge is 0.492 e. The van der Waals surface area contributed by atoms with Gasteiger partial charge in [-0.15, -0.1) is 0 Å². The van der Waals surface area contributed by atoms with Crippen molar-refractivity contribution in [3.63, 3.8) is 0 Å². The number of halogens is 1. The summed E-state index contributed by atoms with van der Waals surface area (Å²) < 4.78 is 6.69. The van der Waals surface area contributed by atoms with Gasteiger partial charge in [0.2, 0.25) is 0 Å². The predicted molar refractivity (Wildman–Crippen MR) is 56.2 cm³/mol. The highest BCUT2D eigenvalue weighted by atomic mass is 127. The fourth-order valence-corrected chi connectivity index (χ4v) is 2.09. The average Bonchev–Trinajstić information content (AvgIpc) is 2.07. The van der Waals surface area contributed by atoms with E-state index in [4.69, 9.17) is 10.5 Å². The van der Waals surface area contributed by atoms with Crippen LogP contribution in [-0.4, -0.2) is 6.61 Å². The third-order valence-corrected chi connectivity index (χ3v) is 2.92. The Morgan fingerprint density at radius 2 is 2.33 bits per heavy atom. The molecule has 0 saturated carbocycles. The summed E-state index contributed by atoms with van der Waals surface area (Å²) in [6.07, 6.45) is 0.924. The second-order valence-corrected chi connectivity index (χ2v) is 4.06. The van der Waals surface area contributed by atoms with E-state index in [1.54, 1.807) is 0 Å². The first-order chi connectivity index (χ1) is 5.79. The lowest BCUT2D eigenvalue weighted by Gasteiger charge is -2.23. The molecular formula is C9H10INO. The molecule has 1 aliphatic rings. The molecule has 0 aliphatic carbocycles. The fourth-order valence-electron chi connectivity index (χ4n) is 1.41. The van der Waals surface area contributed by atoms with Crippen molar-refractivity contribution in [3.8, 4) is 5.75 Å². The lowest BCUT2D eigenvalue weighted by Crippen LogP contribution is -2.20. The van der Waals surface area contributed by atoms with Crippen LogP contribution in [0, 0.1) is 3.57 Å². The number of hydrogen-bond donors (Lipinski definition) is 1. The first-order valence-corrected chi connectivity index (χ1v) is 5.03. The maximum Gasteiger partial charge on any atom is 0.137 e. The smallest absolute Gasteiger partial charge is 0.137 e. The van der Waals surface area contributed by atoms with E-state index in [2.05, 4.69) is 22.6 Å². The molecule has 1 atom stereocenters. The minimum atomic E-state index is 0.156. The van der Waals surface area contributed by atoms with Crippen molar-refractivity contribution in [3.05, 3.63) is 27.3 Å². The highest BCUT2D eigenvalue weighted by Gasteiger charge is 2.19. The summed E-state index contributed by atoms with van der Waals surface area (Å²) in [5, 5.41) is 0. The van der Waals surface area contributed by atoms with Crippen molar-refractivity contribution in [1.82, 2.24) is 0 Å². The summed E-state index contributed by atoms with van der Waals surface area (Å²) in [7, 11) is 0. The Kier molecular flexibility index (Phi) is 2.23. The number of hydrogen-bond acceptors (Lipinski definition) is 2. The van der Waals surface area contributed by atoms with Gasteiger partial charge >= 0.3 is 0 Å². The Labute approximate surface area is 85.2 Å². The summed E-state index contributed by atoms with van der Waals surface area (Å²) in [5.41, 5.74) is 7.08. The van der Waals surface area contributed by atoms with Crippen LogP contribution >= 0.6 is 22.6 Å². The third-order valence-electron chi connectivity index (χ3n) is 2.07. The van der Waals surface area contributed by atoms with Gasteiger partial charge in [0.05, 0.1) is 10.2 Å². The zero-order chi connectivity index (χ0) is 8.55. The Morgan fingerprint density at radius 1 is 1.50 bits per heavy atom. The van der Waals surface area contributed by atoms with Gasteiger partial charge in [0, 0.05) is 18.0 Å². The molecular weight excluding hydrogens is 265 g/mol.